The average molecular weight is 461 g/mol. The Bertz CT molecular complexity index is 1120. The number of carbonyl (C=O) groups is 1. The van der Waals surface area contributed by atoms with Gasteiger partial charge in [-0.3, -0.25) is 9.78 Å². The van der Waals surface area contributed by atoms with Gasteiger partial charge in [-0.25, -0.2) is 9.97 Å². The third-order valence-corrected chi connectivity index (χ3v) is 6.21. The molecule has 0 bridgehead atoms. The van der Waals surface area contributed by atoms with Crippen LogP contribution in [0.15, 0.2) is 42.9 Å². The van der Waals surface area contributed by atoms with Gasteiger partial charge in [0, 0.05) is 67.0 Å². The standard InChI is InChI=1S/C27H36N6O/c1-18(2)15-30-25-14-21(5-10-29-25)24-13-22-17-28-9-6-23(22)26(32-24)33-11-7-20(8-12-33)27(34)31-16-19(3)4/h5-6,9-10,13-14,17-20H,7-8,11-12,15-16H2,1-4H3,(H,29,30)(H,31,34). The number of fused-ring (bicyclic) bond motifs is 1. The lowest BCUT2D eigenvalue weighted by Crippen LogP contribution is -2.41. The van der Waals surface area contributed by atoms with Crippen molar-refractivity contribution in [2.75, 3.05) is 36.4 Å². The van der Waals surface area contributed by atoms with E-state index in [4.69, 9.17) is 4.98 Å². The van der Waals surface area contributed by atoms with E-state index < -0.39 is 0 Å². The zero-order valence-electron chi connectivity index (χ0n) is 20.7. The summed E-state index contributed by atoms with van der Waals surface area (Å²) in [6.45, 7) is 11.8. The predicted molar refractivity (Wildman–Crippen MR) is 139 cm³/mol. The molecule has 0 unspecified atom stereocenters. The maximum Gasteiger partial charge on any atom is 0.223 e. The molecule has 7 heteroatoms. The Kier molecular flexibility index (Phi) is 7.60. The molecule has 1 aliphatic rings. The molecule has 1 aliphatic heterocycles. The lowest BCUT2D eigenvalue weighted by atomic mass is 9.95. The molecule has 1 fully saturated rings. The molecule has 1 saturated heterocycles. The summed E-state index contributed by atoms with van der Waals surface area (Å²) in [6.07, 6.45) is 7.21. The number of rotatable bonds is 8. The van der Waals surface area contributed by atoms with Gasteiger partial charge in [0.15, 0.2) is 0 Å². The Balaban J connectivity index is 1.57. The first-order valence-corrected chi connectivity index (χ1v) is 12.4. The van der Waals surface area contributed by atoms with E-state index in [1.165, 1.54) is 0 Å². The van der Waals surface area contributed by atoms with Crippen LogP contribution >= 0.6 is 0 Å². The topological polar surface area (TPSA) is 83.0 Å². The number of carbonyl (C=O) groups excluding carboxylic acids is 1. The highest BCUT2D eigenvalue weighted by Crippen LogP contribution is 2.32. The number of nitrogens with zero attached hydrogens (tertiary/aromatic N) is 4. The Morgan fingerprint density at radius 2 is 1.82 bits per heavy atom. The minimum atomic E-state index is 0.0703. The first-order valence-electron chi connectivity index (χ1n) is 12.4. The summed E-state index contributed by atoms with van der Waals surface area (Å²) >= 11 is 0. The zero-order chi connectivity index (χ0) is 24.1. The second-order valence-corrected chi connectivity index (χ2v) is 10.0. The first kappa shape index (κ1) is 23.9. The number of pyridine rings is 3. The summed E-state index contributed by atoms with van der Waals surface area (Å²) in [7, 11) is 0. The molecule has 3 aromatic heterocycles. The quantitative estimate of drug-likeness (QED) is 0.505. The molecule has 4 rings (SSSR count). The largest absolute Gasteiger partial charge is 0.370 e. The van der Waals surface area contributed by atoms with Gasteiger partial charge in [0.2, 0.25) is 5.91 Å². The van der Waals surface area contributed by atoms with Crippen LogP contribution in [-0.2, 0) is 4.79 Å². The molecule has 4 heterocycles. The average Bonchev–Trinajstić information content (AvgIpc) is 2.85. The summed E-state index contributed by atoms with van der Waals surface area (Å²) < 4.78 is 0. The Hall–Kier alpha value is -3.22. The number of piperidine rings is 1. The molecule has 7 nitrogen and oxygen atoms in total. The Labute approximate surface area is 202 Å². The molecule has 3 aromatic rings. The van der Waals surface area contributed by atoms with Gasteiger partial charge in [-0.2, -0.15) is 0 Å². The molecule has 1 amide bonds. The fraction of sp³-hybridized carbons (Fsp3) is 0.481. The fourth-order valence-electron chi connectivity index (χ4n) is 4.27. The number of hydrogen-bond acceptors (Lipinski definition) is 6. The summed E-state index contributed by atoms with van der Waals surface area (Å²) in [4.78, 5) is 28.8. The number of anilines is 2. The summed E-state index contributed by atoms with van der Waals surface area (Å²) in [5, 5.41) is 8.65. The second kappa shape index (κ2) is 10.8. The minimum Gasteiger partial charge on any atom is -0.370 e. The molecule has 0 atom stereocenters. The summed E-state index contributed by atoms with van der Waals surface area (Å²) in [5.74, 6) is 3.07. The fourth-order valence-corrected chi connectivity index (χ4v) is 4.27. The molecule has 0 saturated carbocycles. The highest BCUT2D eigenvalue weighted by molar-refractivity contribution is 5.94. The van der Waals surface area contributed by atoms with Gasteiger partial charge in [-0.15, -0.1) is 0 Å². The predicted octanol–water partition coefficient (Wildman–Crippen LogP) is 4.75. The van der Waals surface area contributed by atoms with Crippen LogP contribution in [0.1, 0.15) is 40.5 Å². The van der Waals surface area contributed by atoms with Crippen LogP contribution in [0.5, 0.6) is 0 Å². The highest BCUT2D eigenvalue weighted by atomic mass is 16.1. The van der Waals surface area contributed by atoms with E-state index in [-0.39, 0.29) is 11.8 Å². The first-order chi connectivity index (χ1) is 16.4. The smallest absolute Gasteiger partial charge is 0.223 e. The lowest BCUT2D eigenvalue weighted by molar-refractivity contribution is -0.125. The molecular weight excluding hydrogens is 424 g/mol. The molecule has 0 radical (unpaired) electrons. The third-order valence-electron chi connectivity index (χ3n) is 6.21. The van der Waals surface area contributed by atoms with E-state index >= 15 is 0 Å². The van der Waals surface area contributed by atoms with Crippen molar-refractivity contribution < 1.29 is 4.79 Å². The van der Waals surface area contributed by atoms with Crippen molar-refractivity contribution in [3.05, 3.63) is 42.9 Å². The van der Waals surface area contributed by atoms with Crippen molar-refractivity contribution in [2.45, 2.75) is 40.5 Å². The van der Waals surface area contributed by atoms with Crippen molar-refractivity contribution in [1.29, 1.82) is 0 Å². The van der Waals surface area contributed by atoms with Crippen LogP contribution in [0.4, 0.5) is 11.6 Å². The number of nitrogens with one attached hydrogen (secondary N) is 2. The molecule has 0 aromatic carbocycles. The van der Waals surface area contributed by atoms with Gasteiger partial charge in [0.25, 0.3) is 0 Å². The van der Waals surface area contributed by atoms with Crippen molar-refractivity contribution in [3.63, 3.8) is 0 Å². The van der Waals surface area contributed by atoms with Gasteiger partial charge in [0.05, 0.1) is 5.69 Å². The number of aromatic nitrogens is 3. The molecule has 180 valence electrons. The van der Waals surface area contributed by atoms with E-state index in [2.05, 4.69) is 65.3 Å². The third kappa shape index (κ3) is 5.82. The molecule has 34 heavy (non-hydrogen) atoms. The van der Waals surface area contributed by atoms with Crippen LogP contribution in [0.2, 0.25) is 0 Å². The SMILES string of the molecule is CC(C)CNC(=O)C1CCN(c2nc(-c3ccnc(NCC(C)C)c3)cc3cnccc23)CC1. The van der Waals surface area contributed by atoms with Crippen LogP contribution in [-0.4, -0.2) is 47.0 Å². The van der Waals surface area contributed by atoms with E-state index in [0.717, 1.165) is 72.7 Å². The van der Waals surface area contributed by atoms with Gasteiger partial charge in [-0.1, -0.05) is 27.7 Å². The maximum absolute atomic E-state index is 12.6. The lowest BCUT2D eigenvalue weighted by Gasteiger charge is -2.33. The summed E-state index contributed by atoms with van der Waals surface area (Å²) in [6, 6.07) is 8.19. The molecule has 0 spiro atoms. The van der Waals surface area contributed by atoms with Crippen LogP contribution in [0, 0.1) is 17.8 Å². The van der Waals surface area contributed by atoms with Gasteiger partial charge in [0.1, 0.15) is 11.6 Å². The zero-order valence-corrected chi connectivity index (χ0v) is 20.7. The van der Waals surface area contributed by atoms with Gasteiger partial charge in [-0.05, 0) is 48.9 Å². The van der Waals surface area contributed by atoms with E-state index in [1.54, 1.807) is 0 Å². The van der Waals surface area contributed by atoms with Gasteiger partial charge < -0.3 is 15.5 Å². The van der Waals surface area contributed by atoms with Crippen molar-refractivity contribution in [3.8, 4) is 11.3 Å². The van der Waals surface area contributed by atoms with E-state index in [0.29, 0.717) is 11.8 Å². The van der Waals surface area contributed by atoms with Crippen molar-refractivity contribution >= 4 is 28.3 Å². The molecule has 2 N–H and O–H groups in total. The number of hydrogen-bond donors (Lipinski definition) is 2. The van der Waals surface area contributed by atoms with Gasteiger partial charge >= 0.3 is 0 Å². The maximum atomic E-state index is 12.6. The second-order valence-electron chi connectivity index (χ2n) is 10.0. The van der Waals surface area contributed by atoms with Crippen LogP contribution < -0.4 is 15.5 Å². The monoisotopic (exact) mass is 460 g/mol. The highest BCUT2D eigenvalue weighted by Gasteiger charge is 2.26. The normalized spacial score (nSPS) is 14.7. The summed E-state index contributed by atoms with van der Waals surface area (Å²) in [5.41, 5.74) is 1.93. The number of amides is 1. The van der Waals surface area contributed by atoms with Crippen molar-refractivity contribution in [2.24, 2.45) is 17.8 Å². The minimum absolute atomic E-state index is 0.0703. The Morgan fingerprint density at radius 1 is 1.06 bits per heavy atom. The van der Waals surface area contributed by atoms with E-state index in [1.807, 2.05) is 30.7 Å². The van der Waals surface area contributed by atoms with Crippen molar-refractivity contribution in [1.82, 2.24) is 20.3 Å². The Morgan fingerprint density at radius 3 is 2.56 bits per heavy atom. The van der Waals surface area contributed by atoms with Crippen LogP contribution in [0.25, 0.3) is 22.0 Å². The molecular formula is C27H36N6O. The molecule has 0 aliphatic carbocycles. The van der Waals surface area contributed by atoms with E-state index in [9.17, 15) is 4.79 Å². The van der Waals surface area contributed by atoms with Crippen LogP contribution in [0.3, 0.4) is 0 Å².